The van der Waals surface area contributed by atoms with Crippen molar-refractivity contribution >= 4 is 17.9 Å². The van der Waals surface area contributed by atoms with Crippen LogP contribution in [0.2, 0.25) is 5.02 Å². The topological polar surface area (TPSA) is 77.8 Å². The highest BCUT2D eigenvalue weighted by Crippen LogP contribution is 2.43. The molecule has 0 aliphatic carbocycles. The molecule has 0 amide bonds. The van der Waals surface area contributed by atoms with Crippen LogP contribution in [0.4, 0.5) is 0 Å². The van der Waals surface area contributed by atoms with E-state index in [0.717, 1.165) is 0 Å². The number of halogens is 1. The normalized spacial score (nSPS) is 12.5. The second-order valence-electron chi connectivity index (χ2n) is 3.51. The molecule has 0 aliphatic heterocycles. The molecule has 1 aromatic carbocycles. The number of aliphatic hydroxyl groups excluding tert-OH is 1. The van der Waals surface area contributed by atoms with Crippen LogP contribution in [0.3, 0.4) is 0 Å². The average molecular weight is 245 g/mol. The number of phenols is 2. The number of rotatable bonds is 3. The third-order valence-electron chi connectivity index (χ3n) is 2.54. The Balaban J connectivity index is 3.61. The lowest BCUT2D eigenvalue weighted by atomic mass is 9.98. The predicted octanol–water partition coefficient (Wildman–Crippen LogP) is 2.32. The first-order valence-electron chi connectivity index (χ1n) is 4.82. The molecular formula is C11H13ClO4. The zero-order valence-electron chi connectivity index (χ0n) is 8.99. The molecule has 0 saturated heterocycles. The number of hydrogen-bond acceptors (Lipinski definition) is 4. The summed E-state index contributed by atoms with van der Waals surface area (Å²) in [6, 6.07) is 0. The highest BCUT2D eigenvalue weighted by atomic mass is 35.5. The smallest absolute Gasteiger partial charge is 0.154 e. The minimum Gasteiger partial charge on any atom is -0.507 e. The summed E-state index contributed by atoms with van der Waals surface area (Å²) in [6.07, 6.45) is -0.322. The van der Waals surface area contributed by atoms with Gasteiger partial charge >= 0.3 is 0 Å². The van der Waals surface area contributed by atoms with Gasteiger partial charge in [-0.1, -0.05) is 18.5 Å². The Bertz CT molecular complexity index is 429. The SMILES string of the molecule is CCC(O)c1c(O)c(Cl)c(C)c(C=O)c1O. The third-order valence-corrected chi connectivity index (χ3v) is 3.01. The maximum atomic E-state index is 10.8. The van der Waals surface area contributed by atoms with Gasteiger partial charge in [0.15, 0.2) is 6.29 Å². The molecule has 5 heteroatoms. The molecule has 0 spiro atoms. The Kier molecular flexibility index (Phi) is 3.78. The standard InChI is InChI=1S/C11H13ClO4/c1-3-7(14)8-10(15)6(4-13)5(2)9(12)11(8)16/h4,7,14-16H,3H2,1-2H3. The number of phenolic OH excluding ortho intramolecular Hbond substituents is 2. The molecular weight excluding hydrogens is 232 g/mol. The van der Waals surface area contributed by atoms with E-state index in [1.165, 1.54) is 6.92 Å². The van der Waals surface area contributed by atoms with Crippen LogP contribution in [0.15, 0.2) is 0 Å². The zero-order valence-corrected chi connectivity index (χ0v) is 9.75. The van der Waals surface area contributed by atoms with Crippen LogP contribution in [-0.4, -0.2) is 21.6 Å². The van der Waals surface area contributed by atoms with Crippen molar-refractivity contribution in [1.82, 2.24) is 0 Å². The van der Waals surface area contributed by atoms with Crippen molar-refractivity contribution in [3.8, 4) is 11.5 Å². The number of aldehydes is 1. The Hall–Kier alpha value is -1.26. The molecule has 88 valence electrons. The molecule has 1 unspecified atom stereocenters. The lowest BCUT2D eigenvalue weighted by Crippen LogP contribution is -2.01. The van der Waals surface area contributed by atoms with Gasteiger partial charge < -0.3 is 15.3 Å². The quantitative estimate of drug-likeness (QED) is 0.713. The molecule has 1 aromatic rings. The molecule has 1 rings (SSSR count). The zero-order chi connectivity index (χ0) is 12.5. The Morgan fingerprint density at radius 2 is 1.94 bits per heavy atom. The maximum Gasteiger partial charge on any atom is 0.154 e. The number of aromatic hydroxyl groups is 2. The summed E-state index contributed by atoms with van der Waals surface area (Å²) in [5.74, 6) is -0.791. The molecule has 0 aromatic heterocycles. The Morgan fingerprint density at radius 1 is 1.38 bits per heavy atom. The van der Waals surface area contributed by atoms with Crippen LogP contribution in [-0.2, 0) is 0 Å². The second kappa shape index (κ2) is 4.72. The lowest BCUT2D eigenvalue weighted by Gasteiger charge is -2.17. The first-order valence-corrected chi connectivity index (χ1v) is 5.20. The molecule has 0 bridgehead atoms. The van der Waals surface area contributed by atoms with E-state index in [4.69, 9.17) is 11.6 Å². The van der Waals surface area contributed by atoms with Gasteiger partial charge in [0.2, 0.25) is 0 Å². The van der Waals surface area contributed by atoms with Gasteiger partial charge in [-0.25, -0.2) is 0 Å². The largest absolute Gasteiger partial charge is 0.507 e. The van der Waals surface area contributed by atoms with Crippen molar-refractivity contribution in [3.05, 3.63) is 21.7 Å². The lowest BCUT2D eigenvalue weighted by molar-refractivity contribution is 0.111. The summed E-state index contributed by atoms with van der Waals surface area (Å²) in [7, 11) is 0. The molecule has 16 heavy (non-hydrogen) atoms. The van der Waals surface area contributed by atoms with Gasteiger partial charge in [-0.2, -0.15) is 0 Å². The first-order chi connectivity index (χ1) is 7.45. The van der Waals surface area contributed by atoms with Crippen molar-refractivity contribution in [1.29, 1.82) is 0 Å². The van der Waals surface area contributed by atoms with E-state index < -0.39 is 11.9 Å². The monoisotopic (exact) mass is 244 g/mol. The van der Waals surface area contributed by atoms with Crippen LogP contribution in [0.1, 0.15) is 40.9 Å². The highest BCUT2D eigenvalue weighted by molar-refractivity contribution is 6.33. The number of carbonyl (C=O) groups is 1. The van der Waals surface area contributed by atoms with Gasteiger partial charge in [0, 0.05) is 0 Å². The van der Waals surface area contributed by atoms with Crippen LogP contribution < -0.4 is 0 Å². The van der Waals surface area contributed by atoms with E-state index >= 15 is 0 Å². The maximum absolute atomic E-state index is 10.8. The molecule has 4 nitrogen and oxygen atoms in total. The van der Waals surface area contributed by atoms with E-state index in [1.807, 2.05) is 0 Å². The van der Waals surface area contributed by atoms with Crippen LogP contribution in [0.25, 0.3) is 0 Å². The molecule has 0 radical (unpaired) electrons. The predicted molar refractivity (Wildman–Crippen MR) is 60.2 cm³/mol. The number of benzene rings is 1. The minimum atomic E-state index is -1.06. The van der Waals surface area contributed by atoms with Gasteiger partial charge in [-0.05, 0) is 18.9 Å². The summed E-state index contributed by atoms with van der Waals surface area (Å²) in [4.78, 5) is 10.8. The molecule has 1 atom stereocenters. The number of aliphatic hydroxyl groups is 1. The summed E-state index contributed by atoms with van der Waals surface area (Å²) >= 11 is 5.81. The van der Waals surface area contributed by atoms with Crippen molar-refractivity contribution in [3.63, 3.8) is 0 Å². The molecule has 0 fully saturated rings. The van der Waals surface area contributed by atoms with Crippen LogP contribution in [0, 0.1) is 6.92 Å². The molecule has 0 saturated carbocycles. The van der Waals surface area contributed by atoms with Crippen LogP contribution >= 0.6 is 11.6 Å². The van der Waals surface area contributed by atoms with E-state index in [0.29, 0.717) is 18.3 Å². The molecule has 0 heterocycles. The van der Waals surface area contributed by atoms with Crippen molar-refractivity contribution < 1.29 is 20.1 Å². The van der Waals surface area contributed by atoms with Crippen LogP contribution in [0.5, 0.6) is 11.5 Å². The fraction of sp³-hybridized carbons (Fsp3) is 0.364. The number of carbonyl (C=O) groups excluding carboxylic acids is 1. The molecule has 3 N–H and O–H groups in total. The third kappa shape index (κ3) is 1.86. The van der Waals surface area contributed by atoms with Crippen molar-refractivity contribution in [2.24, 2.45) is 0 Å². The van der Waals surface area contributed by atoms with Gasteiger partial charge in [0.25, 0.3) is 0 Å². The van der Waals surface area contributed by atoms with Crippen molar-refractivity contribution in [2.75, 3.05) is 0 Å². The van der Waals surface area contributed by atoms with Crippen molar-refractivity contribution in [2.45, 2.75) is 26.4 Å². The highest BCUT2D eigenvalue weighted by Gasteiger charge is 2.24. The van der Waals surface area contributed by atoms with E-state index in [1.54, 1.807) is 6.92 Å². The minimum absolute atomic E-state index is 0.00898. The van der Waals surface area contributed by atoms with Gasteiger partial charge in [-0.15, -0.1) is 0 Å². The summed E-state index contributed by atoms with van der Waals surface area (Å²) in [6.45, 7) is 3.19. The van der Waals surface area contributed by atoms with E-state index in [9.17, 15) is 20.1 Å². The summed E-state index contributed by atoms with van der Waals surface area (Å²) in [5.41, 5.74) is 0.184. The number of hydrogen-bond donors (Lipinski definition) is 3. The summed E-state index contributed by atoms with van der Waals surface area (Å²) in [5, 5.41) is 29.1. The van der Waals surface area contributed by atoms with E-state index in [2.05, 4.69) is 0 Å². The second-order valence-corrected chi connectivity index (χ2v) is 3.88. The van der Waals surface area contributed by atoms with Gasteiger partial charge in [-0.3, -0.25) is 4.79 Å². The average Bonchev–Trinajstić information content (AvgIpc) is 2.27. The molecule has 0 aliphatic rings. The summed E-state index contributed by atoms with van der Waals surface area (Å²) < 4.78 is 0. The Morgan fingerprint density at radius 3 is 2.38 bits per heavy atom. The first kappa shape index (κ1) is 12.8. The van der Waals surface area contributed by atoms with E-state index in [-0.39, 0.29) is 21.9 Å². The fourth-order valence-corrected chi connectivity index (χ4v) is 1.72. The van der Waals surface area contributed by atoms with Gasteiger partial charge in [0.05, 0.1) is 22.3 Å². The fourth-order valence-electron chi connectivity index (χ4n) is 1.51. The Labute approximate surface area is 98.1 Å². The van der Waals surface area contributed by atoms with Gasteiger partial charge in [0.1, 0.15) is 11.5 Å².